The summed E-state index contributed by atoms with van der Waals surface area (Å²) in [6.07, 6.45) is 2.71. The van der Waals surface area contributed by atoms with Crippen molar-refractivity contribution < 1.29 is 27.5 Å². The second kappa shape index (κ2) is 15.0. The number of amides is 2. The van der Waals surface area contributed by atoms with Crippen molar-refractivity contribution >= 4 is 33.2 Å². The van der Waals surface area contributed by atoms with Gasteiger partial charge in [-0.1, -0.05) is 60.7 Å². The summed E-state index contributed by atoms with van der Waals surface area (Å²) < 4.78 is 39.6. The Morgan fingerprint density at radius 2 is 1.46 bits per heavy atom. The quantitative estimate of drug-likeness (QED) is 0.200. The minimum atomic E-state index is -3.73. The molecule has 0 saturated heterocycles. The normalized spacial score (nSPS) is 13.3. The number of hydrogen-bond acceptors (Lipinski definition) is 7. The Hall–Kier alpha value is -4.81. The molecule has 1 aromatic heterocycles. The number of nitrogens with one attached hydrogen (secondary N) is 2. The summed E-state index contributed by atoms with van der Waals surface area (Å²) in [7, 11) is -0.728. The minimum absolute atomic E-state index is 0.0264. The van der Waals surface area contributed by atoms with Crippen molar-refractivity contribution in [2.45, 2.75) is 31.5 Å². The van der Waals surface area contributed by atoms with Crippen molar-refractivity contribution in [1.29, 1.82) is 0 Å². The summed E-state index contributed by atoms with van der Waals surface area (Å²) in [6.45, 7) is 1.85. The zero-order valence-corrected chi connectivity index (χ0v) is 26.9. The van der Waals surface area contributed by atoms with Crippen LogP contribution in [0, 0.1) is 5.82 Å². The zero-order chi connectivity index (χ0) is 33.4. The van der Waals surface area contributed by atoms with Crippen molar-refractivity contribution in [3.8, 4) is 0 Å². The van der Waals surface area contributed by atoms with Crippen LogP contribution in [0.25, 0.3) is 0 Å². The number of likely N-dealkylation sites (N-methyl/N-ethyl adjacent to an activating group) is 1. The van der Waals surface area contributed by atoms with Gasteiger partial charge in [-0.05, 0) is 42.7 Å². The van der Waals surface area contributed by atoms with E-state index in [9.17, 15) is 27.5 Å². The van der Waals surface area contributed by atoms with Crippen molar-refractivity contribution in [2.75, 3.05) is 36.1 Å². The number of carbonyl (C=O) groups is 2. The first-order valence-electron chi connectivity index (χ1n) is 14.6. The lowest BCUT2D eigenvalue weighted by Gasteiger charge is -2.29. The van der Waals surface area contributed by atoms with Gasteiger partial charge >= 0.3 is 0 Å². The summed E-state index contributed by atoms with van der Waals surface area (Å²) >= 11 is 0. The molecule has 1 heterocycles. The summed E-state index contributed by atoms with van der Waals surface area (Å²) in [4.78, 5) is 32.7. The van der Waals surface area contributed by atoms with E-state index in [1.54, 1.807) is 11.9 Å². The average Bonchev–Trinajstić information content (AvgIpc) is 3.04. The Kier molecular flexibility index (Phi) is 11.1. The molecule has 10 nitrogen and oxygen atoms in total. The predicted octanol–water partition coefficient (Wildman–Crippen LogP) is 3.95. The largest absolute Gasteiger partial charge is 0.389 e. The van der Waals surface area contributed by atoms with Crippen LogP contribution in [0.15, 0.2) is 97.3 Å². The molecule has 0 unspecified atom stereocenters. The smallest absolute Gasteiger partial charge is 0.251 e. The highest BCUT2D eigenvalue weighted by Crippen LogP contribution is 2.23. The van der Waals surface area contributed by atoms with Gasteiger partial charge in [-0.3, -0.25) is 18.9 Å². The number of aromatic nitrogens is 1. The molecule has 0 radical (unpaired) electrons. The Bertz CT molecular complexity index is 1760. The molecular formula is C34H38FN5O5S. The van der Waals surface area contributed by atoms with Crippen LogP contribution >= 0.6 is 0 Å². The topological polar surface area (TPSA) is 132 Å². The zero-order valence-electron chi connectivity index (χ0n) is 26.1. The van der Waals surface area contributed by atoms with E-state index in [0.717, 1.165) is 27.9 Å². The number of sulfonamides is 1. The molecular weight excluding hydrogens is 609 g/mol. The third kappa shape index (κ3) is 9.11. The summed E-state index contributed by atoms with van der Waals surface area (Å²) in [5, 5.41) is 17.1. The van der Waals surface area contributed by atoms with Gasteiger partial charge < -0.3 is 20.6 Å². The Morgan fingerprint density at radius 3 is 2.04 bits per heavy atom. The van der Waals surface area contributed by atoms with Gasteiger partial charge in [-0.2, -0.15) is 0 Å². The molecule has 0 aliphatic heterocycles. The Labute approximate surface area is 268 Å². The second-order valence-electron chi connectivity index (χ2n) is 11.2. The number of anilines is 2. The molecule has 0 saturated carbocycles. The molecule has 0 aliphatic rings. The Balaban J connectivity index is 1.64. The molecule has 0 bridgehead atoms. The number of carbonyl (C=O) groups excluding carboxylic acids is 2. The number of rotatable bonds is 13. The van der Waals surface area contributed by atoms with Gasteiger partial charge in [0.2, 0.25) is 10.0 Å². The maximum Gasteiger partial charge on any atom is 0.251 e. The van der Waals surface area contributed by atoms with Crippen molar-refractivity contribution in [2.24, 2.45) is 0 Å². The number of pyridine rings is 1. The molecule has 0 spiro atoms. The van der Waals surface area contributed by atoms with Gasteiger partial charge in [-0.15, -0.1) is 0 Å². The number of benzene rings is 3. The molecule has 3 N–H and O–H groups in total. The Morgan fingerprint density at radius 1 is 0.870 bits per heavy atom. The van der Waals surface area contributed by atoms with Gasteiger partial charge in [0.25, 0.3) is 11.8 Å². The number of nitrogens with zero attached hydrogens (tertiary/aromatic N) is 3. The van der Waals surface area contributed by atoms with E-state index in [-0.39, 0.29) is 35.8 Å². The van der Waals surface area contributed by atoms with Crippen LogP contribution in [0.5, 0.6) is 0 Å². The van der Waals surface area contributed by atoms with E-state index in [1.807, 2.05) is 67.6 Å². The molecule has 2 amide bonds. The monoisotopic (exact) mass is 647 g/mol. The second-order valence-corrected chi connectivity index (χ2v) is 13.2. The van der Waals surface area contributed by atoms with Gasteiger partial charge in [0.05, 0.1) is 48.2 Å². The third-order valence-corrected chi connectivity index (χ3v) is 8.83. The van der Waals surface area contributed by atoms with E-state index in [4.69, 9.17) is 0 Å². The van der Waals surface area contributed by atoms with Crippen molar-refractivity contribution in [3.05, 3.63) is 125 Å². The first kappa shape index (κ1) is 34.1. The fourth-order valence-electron chi connectivity index (χ4n) is 4.88. The van der Waals surface area contributed by atoms with Crippen LogP contribution in [-0.2, 0) is 16.4 Å². The first-order valence-corrected chi connectivity index (χ1v) is 16.5. The van der Waals surface area contributed by atoms with Crippen LogP contribution in [0.4, 0.5) is 15.8 Å². The molecule has 12 heteroatoms. The van der Waals surface area contributed by atoms with Gasteiger partial charge in [0, 0.05) is 37.8 Å². The standard InChI is InChI=1S/C34H38FN5O5S/c1-23(25-13-9-6-10-14-25)37-33(42)26-16-27(18-29(17-26)40(3)46(4,44)45)34(43)38-31(15-24-11-7-5-8-12-24)32(41)22-39(2)30-19-28(35)20-36-21-30/h5-14,16-21,23,31-32,41H,15,22H2,1-4H3,(H,37,42)(H,38,43)/t23-,31+,32-/m1/s1. The average molecular weight is 648 g/mol. The van der Waals surface area contributed by atoms with Gasteiger partial charge in [-0.25, -0.2) is 12.8 Å². The molecule has 0 fully saturated rings. The molecule has 3 aromatic carbocycles. The highest BCUT2D eigenvalue weighted by atomic mass is 32.2. The van der Waals surface area contributed by atoms with E-state index in [1.165, 1.54) is 37.5 Å². The first-order chi connectivity index (χ1) is 21.8. The van der Waals surface area contributed by atoms with E-state index >= 15 is 0 Å². The van der Waals surface area contributed by atoms with Crippen LogP contribution in [-0.4, -0.2) is 69.4 Å². The van der Waals surface area contributed by atoms with Crippen molar-refractivity contribution in [3.63, 3.8) is 0 Å². The van der Waals surface area contributed by atoms with Crippen LogP contribution in [0.1, 0.15) is 44.8 Å². The lowest BCUT2D eigenvalue weighted by molar-refractivity contribution is 0.0843. The number of aliphatic hydroxyl groups excluding tert-OH is 1. The number of aliphatic hydroxyl groups is 1. The lowest BCUT2D eigenvalue weighted by atomic mass is 9.99. The summed E-state index contributed by atoms with van der Waals surface area (Å²) in [6, 6.07) is 22.9. The molecule has 46 heavy (non-hydrogen) atoms. The number of hydrogen-bond donors (Lipinski definition) is 3. The maximum atomic E-state index is 13.8. The minimum Gasteiger partial charge on any atom is -0.389 e. The number of halogens is 1. The van der Waals surface area contributed by atoms with Crippen molar-refractivity contribution in [1.82, 2.24) is 15.6 Å². The van der Waals surface area contributed by atoms with E-state index < -0.39 is 39.8 Å². The highest BCUT2D eigenvalue weighted by Gasteiger charge is 2.26. The molecule has 4 aromatic rings. The summed E-state index contributed by atoms with van der Waals surface area (Å²) in [5.41, 5.74) is 2.39. The van der Waals surface area contributed by atoms with Gasteiger partial charge in [0.15, 0.2) is 0 Å². The SMILES string of the molecule is C[C@@H](NC(=O)c1cc(C(=O)N[C@@H](Cc2ccccc2)[C@H](O)CN(C)c2cncc(F)c2)cc(N(C)S(C)(=O)=O)c1)c1ccccc1. The lowest BCUT2D eigenvalue weighted by Crippen LogP contribution is -2.49. The van der Waals surface area contributed by atoms with Crippen LogP contribution < -0.4 is 19.8 Å². The van der Waals surface area contributed by atoms with E-state index in [0.29, 0.717) is 5.69 Å². The third-order valence-electron chi connectivity index (χ3n) is 7.62. The van der Waals surface area contributed by atoms with Crippen LogP contribution in [0.3, 0.4) is 0 Å². The van der Waals surface area contributed by atoms with E-state index in [2.05, 4.69) is 15.6 Å². The fraction of sp³-hybridized carbons (Fsp3) is 0.265. The maximum absolute atomic E-state index is 13.8. The van der Waals surface area contributed by atoms with Crippen LogP contribution in [0.2, 0.25) is 0 Å². The molecule has 4 rings (SSSR count). The van der Waals surface area contributed by atoms with Gasteiger partial charge in [0.1, 0.15) is 5.82 Å². The molecule has 242 valence electrons. The predicted molar refractivity (Wildman–Crippen MR) is 177 cm³/mol. The summed E-state index contributed by atoms with van der Waals surface area (Å²) in [5.74, 6) is -1.64. The molecule has 3 atom stereocenters. The highest BCUT2D eigenvalue weighted by molar-refractivity contribution is 7.92. The molecule has 0 aliphatic carbocycles. The fourth-order valence-corrected chi connectivity index (χ4v) is 5.37.